The van der Waals surface area contributed by atoms with E-state index in [-0.39, 0.29) is 41.0 Å². The van der Waals surface area contributed by atoms with Gasteiger partial charge in [-0.2, -0.15) is 0 Å². The van der Waals surface area contributed by atoms with Crippen LogP contribution in [0, 0.1) is 5.92 Å². The van der Waals surface area contributed by atoms with E-state index in [1.165, 1.54) is 36.5 Å². The number of hydrogen-bond acceptors (Lipinski definition) is 10. The molecule has 0 fully saturated rings. The van der Waals surface area contributed by atoms with E-state index in [2.05, 4.69) is 22.5 Å². The van der Waals surface area contributed by atoms with Gasteiger partial charge >= 0.3 is 17.9 Å². The molecule has 2 rings (SSSR count). The number of carbonyl (C=O) groups excluding carboxylic acids is 3. The van der Waals surface area contributed by atoms with E-state index < -0.39 is 60.8 Å². The van der Waals surface area contributed by atoms with Gasteiger partial charge in [-0.25, -0.2) is 9.59 Å². The van der Waals surface area contributed by atoms with Gasteiger partial charge in [0.2, 0.25) is 5.91 Å². The van der Waals surface area contributed by atoms with E-state index in [0.717, 1.165) is 24.3 Å². The van der Waals surface area contributed by atoms with Gasteiger partial charge in [-0.1, -0.05) is 45.8 Å². The molecule has 0 bridgehead atoms. The van der Waals surface area contributed by atoms with Crippen molar-refractivity contribution < 1.29 is 58.4 Å². The SMILES string of the molecule is C=CN(O)[C@H](CC)[C@@H](CCCCC)C(=O)NCNC(=O)c1ccc(-c2ccc(C(=O)N[C@@H](CC(=O)O)C(=O)O)c(OCC(=O)O)c2)o1. The third-order valence-corrected chi connectivity index (χ3v) is 7.05. The molecule has 3 amide bonds. The molecule has 0 aliphatic carbocycles. The first-order valence-corrected chi connectivity index (χ1v) is 14.8. The summed E-state index contributed by atoms with van der Waals surface area (Å²) in [7, 11) is 0. The lowest BCUT2D eigenvalue weighted by molar-refractivity contribution is -0.145. The zero-order valence-electron chi connectivity index (χ0n) is 26.1. The summed E-state index contributed by atoms with van der Waals surface area (Å²) in [6.07, 6.45) is 4.00. The lowest BCUT2D eigenvalue weighted by Gasteiger charge is -2.30. The Hall–Kier alpha value is -5.38. The number of benzene rings is 1. The predicted molar refractivity (Wildman–Crippen MR) is 164 cm³/mol. The second-order valence-electron chi connectivity index (χ2n) is 10.4. The molecule has 0 saturated heterocycles. The third-order valence-electron chi connectivity index (χ3n) is 7.05. The highest BCUT2D eigenvalue weighted by Crippen LogP contribution is 2.29. The van der Waals surface area contributed by atoms with Crippen LogP contribution in [-0.2, 0) is 19.2 Å². The van der Waals surface area contributed by atoms with Crippen LogP contribution in [0.1, 0.15) is 73.3 Å². The fourth-order valence-corrected chi connectivity index (χ4v) is 4.68. The minimum atomic E-state index is -1.76. The van der Waals surface area contributed by atoms with E-state index >= 15 is 0 Å². The van der Waals surface area contributed by atoms with E-state index in [4.69, 9.17) is 19.4 Å². The van der Waals surface area contributed by atoms with Gasteiger partial charge < -0.3 is 40.4 Å². The number of aliphatic carboxylic acids is 3. The maximum atomic E-state index is 13.0. The first-order chi connectivity index (χ1) is 22.3. The molecule has 1 heterocycles. The molecule has 0 spiro atoms. The van der Waals surface area contributed by atoms with Gasteiger partial charge in [-0.15, -0.1) is 0 Å². The molecular formula is C31H40N4O12. The van der Waals surface area contributed by atoms with Crippen molar-refractivity contribution >= 4 is 35.6 Å². The van der Waals surface area contributed by atoms with Crippen LogP contribution in [0.3, 0.4) is 0 Å². The fraction of sp³-hybridized carbons (Fsp3) is 0.419. The van der Waals surface area contributed by atoms with Crippen molar-refractivity contribution in [3.05, 3.63) is 54.4 Å². The van der Waals surface area contributed by atoms with Crippen LogP contribution >= 0.6 is 0 Å². The summed E-state index contributed by atoms with van der Waals surface area (Å²) in [4.78, 5) is 72.1. The number of nitrogens with one attached hydrogen (secondary N) is 3. The zero-order valence-corrected chi connectivity index (χ0v) is 26.1. The number of furan rings is 1. The second-order valence-corrected chi connectivity index (χ2v) is 10.4. The van der Waals surface area contributed by atoms with E-state index in [1.807, 2.05) is 13.8 Å². The Labute approximate surface area is 270 Å². The van der Waals surface area contributed by atoms with Crippen molar-refractivity contribution in [2.75, 3.05) is 13.3 Å². The summed E-state index contributed by atoms with van der Waals surface area (Å²) in [5, 5.41) is 45.6. The smallest absolute Gasteiger partial charge is 0.341 e. The van der Waals surface area contributed by atoms with E-state index in [1.54, 1.807) is 0 Å². The van der Waals surface area contributed by atoms with Crippen molar-refractivity contribution in [3.63, 3.8) is 0 Å². The number of carbonyl (C=O) groups is 6. The number of amides is 3. The Morgan fingerprint density at radius 2 is 1.70 bits per heavy atom. The van der Waals surface area contributed by atoms with Crippen molar-refractivity contribution in [2.24, 2.45) is 5.92 Å². The number of hydroxylamine groups is 2. The van der Waals surface area contributed by atoms with E-state index in [0.29, 0.717) is 12.8 Å². The third kappa shape index (κ3) is 11.5. The Kier molecular flexibility index (Phi) is 14.9. The van der Waals surface area contributed by atoms with E-state index in [9.17, 15) is 39.1 Å². The Morgan fingerprint density at radius 3 is 2.30 bits per heavy atom. The highest BCUT2D eigenvalue weighted by Gasteiger charge is 2.30. The Balaban J connectivity index is 2.17. The summed E-state index contributed by atoms with van der Waals surface area (Å²) in [5.74, 6) is -7.33. The quantitative estimate of drug-likeness (QED) is 0.0579. The van der Waals surface area contributed by atoms with Gasteiger partial charge in [0.25, 0.3) is 11.8 Å². The van der Waals surface area contributed by atoms with Crippen LogP contribution in [0.2, 0.25) is 0 Å². The van der Waals surface area contributed by atoms with Crippen LogP contribution in [0.4, 0.5) is 0 Å². The molecule has 0 radical (unpaired) electrons. The number of unbranched alkanes of at least 4 members (excludes halogenated alkanes) is 2. The molecule has 0 unspecified atom stereocenters. The zero-order chi connectivity index (χ0) is 35.1. The lowest BCUT2D eigenvalue weighted by Crippen LogP contribution is -2.46. The molecule has 256 valence electrons. The molecule has 16 heteroatoms. The first-order valence-electron chi connectivity index (χ1n) is 14.8. The van der Waals surface area contributed by atoms with Crippen LogP contribution in [0.15, 0.2) is 47.5 Å². The van der Waals surface area contributed by atoms with Crippen LogP contribution in [0.25, 0.3) is 11.3 Å². The number of hydrogen-bond donors (Lipinski definition) is 7. The van der Waals surface area contributed by atoms with Crippen LogP contribution in [0.5, 0.6) is 5.75 Å². The molecule has 0 saturated carbocycles. The fourth-order valence-electron chi connectivity index (χ4n) is 4.68. The van der Waals surface area contributed by atoms with Gasteiger partial charge in [0, 0.05) is 11.8 Å². The van der Waals surface area contributed by atoms with Crippen molar-refractivity contribution in [2.45, 2.75) is 64.5 Å². The average molecular weight is 661 g/mol. The number of carboxylic acids is 3. The standard InChI is InChI=1S/C31H40N4O12/c1-4-7-8-9-19(22(5-2)35(45)6-3)28(40)32-17-33-30(42)24-13-12-23(47-24)18-10-11-20(25(14-18)46-16-27(38)39)29(41)34-21(31(43)44)15-26(36)37/h6,10-14,19,21-22,45H,3-5,7-9,15-17H2,1-2H3,(H,32,40)(H,33,42)(H,34,41)(H,36,37)(H,38,39)(H,43,44)/t19-,21+,22-/m1/s1. The van der Waals surface area contributed by atoms with Crippen LogP contribution < -0.4 is 20.7 Å². The molecule has 1 aromatic carbocycles. The number of nitrogens with zero attached hydrogens (tertiary/aromatic N) is 1. The highest BCUT2D eigenvalue weighted by atomic mass is 16.5. The van der Waals surface area contributed by atoms with Crippen molar-refractivity contribution in [1.29, 1.82) is 0 Å². The summed E-state index contributed by atoms with van der Waals surface area (Å²) >= 11 is 0. The van der Waals surface area contributed by atoms with Gasteiger partial charge in [0.05, 0.1) is 30.6 Å². The van der Waals surface area contributed by atoms with Crippen molar-refractivity contribution in [3.8, 4) is 17.1 Å². The monoisotopic (exact) mass is 660 g/mol. The minimum absolute atomic E-state index is 0.120. The first kappa shape index (κ1) is 37.8. The molecule has 0 aliphatic heterocycles. The predicted octanol–water partition coefficient (Wildman–Crippen LogP) is 2.68. The largest absolute Gasteiger partial charge is 0.481 e. The maximum Gasteiger partial charge on any atom is 0.341 e. The molecule has 3 atom stereocenters. The lowest BCUT2D eigenvalue weighted by atomic mass is 9.90. The number of ether oxygens (including phenoxy) is 1. The van der Waals surface area contributed by atoms with Gasteiger partial charge in [0.15, 0.2) is 12.4 Å². The summed E-state index contributed by atoms with van der Waals surface area (Å²) in [5.41, 5.74) is -0.0199. The van der Waals surface area contributed by atoms with Gasteiger partial charge in [0.1, 0.15) is 17.6 Å². The summed E-state index contributed by atoms with van der Waals surface area (Å²) < 4.78 is 10.9. The molecule has 7 N–H and O–H groups in total. The maximum absolute atomic E-state index is 13.0. The molecule has 1 aromatic heterocycles. The van der Waals surface area contributed by atoms with Gasteiger partial charge in [-0.3, -0.25) is 29.4 Å². The molecule has 47 heavy (non-hydrogen) atoms. The minimum Gasteiger partial charge on any atom is -0.481 e. The second kappa shape index (κ2) is 18.6. The summed E-state index contributed by atoms with van der Waals surface area (Å²) in [6, 6.07) is 4.31. The molecular weight excluding hydrogens is 620 g/mol. The molecule has 16 nitrogen and oxygen atoms in total. The Bertz CT molecular complexity index is 1440. The number of rotatable bonds is 21. The van der Waals surface area contributed by atoms with Gasteiger partial charge in [-0.05, 0) is 37.1 Å². The highest BCUT2D eigenvalue weighted by molar-refractivity contribution is 6.00. The molecule has 2 aromatic rings. The number of carboxylic acid groups (broad SMARTS) is 3. The topological polar surface area (TPSA) is 245 Å². The molecule has 0 aliphatic rings. The van der Waals surface area contributed by atoms with Crippen LogP contribution in [-0.4, -0.2) is 86.6 Å². The van der Waals surface area contributed by atoms with Crippen molar-refractivity contribution in [1.82, 2.24) is 21.0 Å². The summed E-state index contributed by atoms with van der Waals surface area (Å²) in [6.45, 7) is 6.35. The normalized spacial score (nSPS) is 12.6. The Morgan fingerprint density at radius 1 is 0.979 bits per heavy atom. The average Bonchev–Trinajstić information content (AvgIpc) is 3.53.